The van der Waals surface area contributed by atoms with Gasteiger partial charge >= 0.3 is 6.03 Å². The summed E-state index contributed by atoms with van der Waals surface area (Å²) in [5.74, 6) is -0.157. The predicted molar refractivity (Wildman–Crippen MR) is 142 cm³/mol. The smallest absolute Gasteiger partial charge is 0.325 e. The number of imide groups is 1. The van der Waals surface area contributed by atoms with Crippen molar-refractivity contribution in [2.45, 2.75) is 39.0 Å². The summed E-state index contributed by atoms with van der Waals surface area (Å²) in [7, 11) is 0. The molecule has 11 heteroatoms. The number of aryl methyl sites for hydroxylation is 1. The molecule has 0 saturated carbocycles. The number of hydrogen-bond donors (Lipinski definition) is 4. The molecule has 3 atom stereocenters. The lowest BCUT2D eigenvalue weighted by atomic mass is 10.0. The molecular weight excluding hydrogens is 594 g/mol. The Balaban J connectivity index is 1.59. The second-order valence-electron chi connectivity index (χ2n) is 9.22. The molecule has 9 nitrogen and oxygen atoms in total. The molecular formula is C26H28FIN4O5. The molecule has 3 amide bonds. The summed E-state index contributed by atoms with van der Waals surface area (Å²) in [6.45, 7) is 5.06. The van der Waals surface area contributed by atoms with Crippen LogP contribution in [0.3, 0.4) is 0 Å². The van der Waals surface area contributed by atoms with E-state index in [-0.39, 0.29) is 12.5 Å². The van der Waals surface area contributed by atoms with E-state index in [2.05, 4.69) is 15.3 Å². The van der Waals surface area contributed by atoms with Crippen molar-refractivity contribution < 1.29 is 28.9 Å². The van der Waals surface area contributed by atoms with E-state index < -0.39 is 42.6 Å². The van der Waals surface area contributed by atoms with E-state index in [1.54, 1.807) is 43.3 Å². The molecule has 3 aromatic rings. The van der Waals surface area contributed by atoms with Gasteiger partial charge in [-0.15, -0.1) is 0 Å². The number of aromatic nitrogens is 2. The van der Waals surface area contributed by atoms with Crippen LogP contribution in [0.2, 0.25) is 0 Å². The summed E-state index contributed by atoms with van der Waals surface area (Å²) in [5.41, 5.74) is 1.97. The average molecular weight is 622 g/mol. The molecule has 4 rings (SSSR count). The van der Waals surface area contributed by atoms with Gasteiger partial charge in [0.1, 0.15) is 42.2 Å². The third-order valence-electron chi connectivity index (χ3n) is 6.12. The second kappa shape index (κ2) is 11.2. The van der Waals surface area contributed by atoms with E-state index >= 15 is 0 Å². The van der Waals surface area contributed by atoms with Crippen molar-refractivity contribution in [3.05, 3.63) is 68.9 Å². The number of benzene rings is 2. The molecule has 0 aliphatic carbocycles. The van der Waals surface area contributed by atoms with Crippen molar-refractivity contribution in [3.63, 3.8) is 0 Å². The Morgan fingerprint density at radius 2 is 1.89 bits per heavy atom. The first-order chi connectivity index (χ1) is 17.6. The lowest BCUT2D eigenvalue weighted by molar-refractivity contribution is -0.130. The zero-order chi connectivity index (χ0) is 26.9. The van der Waals surface area contributed by atoms with Gasteiger partial charge in [-0.25, -0.2) is 14.2 Å². The summed E-state index contributed by atoms with van der Waals surface area (Å²) < 4.78 is 20.8. The zero-order valence-electron chi connectivity index (χ0n) is 20.5. The Morgan fingerprint density at radius 1 is 1.19 bits per heavy atom. The van der Waals surface area contributed by atoms with Gasteiger partial charge in [-0.2, -0.15) is 0 Å². The van der Waals surface area contributed by atoms with E-state index in [0.717, 1.165) is 3.57 Å². The van der Waals surface area contributed by atoms with Gasteiger partial charge < -0.3 is 25.3 Å². The summed E-state index contributed by atoms with van der Waals surface area (Å²) in [6.07, 6.45) is -0.996. The summed E-state index contributed by atoms with van der Waals surface area (Å²) >= 11 is 2.04. The number of ether oxygens (including phenoxy) is 1. The van der Waals surface area contributed by atoms with Crippen LogP contribution in [0.25, 0.3) is 11.3 Å². The molecule has 1 aromatic heterocycles. The fourth-order valence-electron chi connectivity index (χ4n) is 4.29. The molecule has 4 N–H and O–H groups in total. The number of rotatable bonds is 9. The van der Waals surface area contributed by atoms with E-state index in [0.29, 0.717) is 34.1 Å². The molecule has 0 radical (unpaired) electrons. The zero-order valence-corrected chi connectivity index (χ0v) is 22.7. The summed E-state index contributed by atoms with van der Waals surface area (Å²) in [5, 5.41) is 21.1. The number of urea groups is 1. The van der Waals surface area contributed by atoms with Crippen molar-refractivity contribution >= 4 is 34.5 Å². The number of amides is 3. The molecule has 0 spiro atoms. The fourth-order valence-corrected chi connectivity index (χ4v) is 4.74. The van der Waals surface area contributed by atoms with E-state index in [1.807, 2.05) is 36.4 Å². The third kappa shape index (κ3) is 5.63. The number of nitrogens with zero attached hydrogens (tertiary/aromatic N) is 2. The molecule has 1 aliphatic heterocycles. The number of aliphatic hydroxyl groups is 2. The highest BCUT2D eigenvalue weighted by Gasteiger charge is 2.45. The van der Waals surface area contributed by atoms with Gasteiger partial charge in [0.25, 0.3) is 5.91 Å². The van der Waals surface area contributed by atoms with Crippen LogP contribution in [0.5, 0.6) is 5.75 Å². The lowest BCUT2D eigenvalue weighted by Gasteiger charge is -2.27. The van der Waals surface area contributed by atoms with Crippen molar-refractivity contribution in [3.8, 4) is 17.0 Å². The normalized spacial score (nSPS) is 17.3. The Hall–Kier alpha value is -3.03. The van der Waals surface area contributed by atoms with E-state index in [9.17, 15) is 19.1 Å². The number of H-pyrrole nitrogens is 1. The highest BCUT2D eigenvalue weighted by molar-refractivity contribution is 14.1. The first-order valence-electron chi connectivity index (χ1n) is 11.8. The molecule has 0 unspecified atom stereocenters. The van der Waals surface area contributed by atoms with Gasteiger partial charge in [-0.1, -0.05) is 26.0 Å². The number of halogens is 2. The molecule has 2 aromatic carbocycles. The highest BCUT2D eigenvalue weighted by atomic mass is 127. The van der Waals surface area contributed by atoms with E-state index in [1.165, 1.54) is 11.0 Å². The molecule has 2 heterocycles. The van der Waals surface area contributed by atoms with Crippen molar-refractivity contribution in [1.29, 1.82) is 0 Å². The lowest BCUT2D eigenvalue weighted by Crippen LogP contribution is -2.38. The number of imidazole rings is 1. The maximum Gasteiger partial charge on any atom is 0.325 e. The third-order valence-corrected chi connectivity index (χ3v) is 6.79. The fraction of sp³-hybridized carbons (Fsp3) is 0.346. The quantitative estimate of drug-likeness (QED) is 0.212. The maximum atomic E-state index is 14.7. The number of nitrogens with one attached hydrogen (secondary N) is 2. The number of carbonyl (C=O) groups excluding carboxylic acids is 2. The van der Waals surface area contributed by atoms with Gasteiger partial charge in [0, 0.05) is 14.8 Å². The minimum absolute atomic E-state index is 0.0740. The first-order valence-corrected chi connectivity index (χ1v) is 12.9. The van der Waals surface area contributed by atoms with Crippen LogP contribution in [0.4, 0.5) is 9.18 Å². The van der Waals surface area contributed by atoms with Gasteiger partial charge in [-0.05, 0) is 71.3 Å². The van der Waals surface area contributed by atoms with E-state index in [4.69, 9.17) is 9.84 Å². The number of carbonyl (C=O) groups is 2. The Morgan fingerprint density at radius 3 is 2.51 bits per heavy atom. The topological polar surface area (TPSA) is 128 Å². The maximum absolute atomic E-state index is 14.7. The molecule has 37 heavy (non-hydrogen) atoms. The van der Waals surface area contributed by atoms with Crippen molar-refractivity contribution in [2.75, 3.05) is 13.2 Å². The highest BCUT2D eigenvalue weighted by Crippen LogP contribution is 2.36. The van der Waals surface area contributed by atoms with Gasteiger partial charge in [0.05, 0.1) is 12.3 Å². The summed E-state index contributed by atoms with van der Waals surface area (Å²) in [4.78, 5) is 35.5. The molecule has 1 fully saturated rings. The monoisotopic (exact) mass is 622 g/mol. The van der Waals surface area contributed by atoms with Crippen LogP contribution in [0.15, 0.2) is 42.5 Å². The van der Waals surface area contributed by atoms with Crippen LogP contribution in [-0.4, -0.2) is 56.3 Å². The second-order valence-corrected chi connectivity index (χ2v) is 10.5. The Kier molecular flexibility index (Phi) is 8.14. The standard InChI is InChI=1S/C26H28FIN4O5/c1-13(2)23(24-29-14(3)21(30-24)19-9-6-16(28)10-20(19)27)32-25(35)22(31-26(32)36)15-4-7-18(8-5-15)37-12-17(34)11-33/h4-10,13,17,22-23,33-34H,11-12H2,1-3H3,(H,29,30)(H,31,36)/t17-,22+,23-/m0/s1. The largest absolute Gasteiger partial charge is 0.491 e. The molecule has 1 aliphatic rings. The first kappa shape index (κ1) is 27.0. The SMILES string of the molecule is Cc1[nH]c([C@H](C(C)C)N2C(=O)N[C@H](c3ccc(OC[C@@H](O)CO)cc3)C2=O)nc1-c1ccc(I)cc1F. The van der Waals surface area contributed by atoms with Crippen LogP contribution >= 0.6 is 22.6 Å². The number of aromatic amines is 1. The van der Waals surface area contributed by atoms with Gasteiger partial charge in [-0.3, -0.25) is 9.69 Å². The minimum Gasteiger partial charge on any atom is -0.491 e. The number of aliphatic hydroxyl groups excluding tert-OH is 2. The van der Waals surface area contributed by atoms with Crippen LogP contribution in [0, 0.1) is 22.2 Å². The Bertz CT molecular complexity index is 1300. The van der Waals surface area contributed by atoms with Crippen LogP contribution in [-0.2, 0) is 4.79 Å². The van der Waals surface area contributed by atoms with Gasteiger partial charge in [0.15, 0.2) is 0 Å². The molecule has 0 bridgehead atoms. The Labute approximate surface area is 227 Å². The van der Waals surface area contributed by atoms with Gasteiger partial charge in [0.2, 0.25) is 0 Å². The van der Waals surface area contributed by atoms with Crippen LogP contribution < -0.4 is 10.1 Å². The summed E-state index contributed by atoms with van der Waals surface area (Å²) in [6, 6.07) is 9.31. The van der Waals surface area contributed by atoms with Crippen molar-refractivity contribution in [1.82, 2.24) is 20.2 Å². The average Bonchev–Trinajstić information content (AvgIpc) is 3.37. The number of hydrogen-bond acceptors (Lipinski definition) is 6. The molecule has 196 valence electrons. The predicted octanol–water partition coefficient (Wildman–Crippen LogP) is 3.85. The van der Waals surface area contributed by atoms with Crippen molar-refractivity contribution in [2.24, 2.45) is 5.92 Å². The minimum atomic E-state index is -0.996. The van der Waals surface area contributed by atoms with Crippen LogP contribution in [0.1, 0.15) is 43.0 Å². The molecule has 1 saturated heterocycles.